The Hall–Kier alpha value is -2.17. The van der Waals surface area contributed by atoms with E-state index in [9.17, 15) is 14.4 Å². The average molecular weight is 320 g/mol. The zero-order chi connectivity index (χ0) is 17.0. The minimum atomic E-state index is -2.23. The Labute approximate surface area is 137 Å². The van der Waals surface area contributed by atoms with Crippen LogP contribution in [0.4, 0.5) is 0 Å². The monoisotopic (exact) mass is 320 g/mol. The summed E-state index contributed by atoms with van der Waals surface area (Å²) in [7, 11) is 0. The van der Waals surface area contributed by atoms with Gasteiger partial charge in [-0.2, -0.15) is 0 Å². The fraction of sp³-hybridized carbons (Fsp3) is 0.500. The lowest BCUT2D eigenvalue weighted by Gasteiger charge is -2.21. The van der Waals surface area contributed by atoms with Crippen molar-refractivity contribution in [2.45, 2.75) is 51.0 Å². The zero-order valence-corrected chi connectivity index (χ0v) is 13.5. The molecule has 5 nitrogen and oxygen atoms in total. The van der Waals surface area contributed by atoms with E-state index >= 15 is 0 Å². The van der Waals surface area contributed by atoms with E-state index in [4.69, 9.17) is 9.47 Å². The minimum Gasteiger partial charge on any atom is -0.462 e. The van der Waals surface area contributed by atoms with Crippen LogP contribution in [0.2, 0.25) is 0 Å². The highest BCUT2D eigenvalue weighted by Crippen LogP contribution is 2.17. The summed E-state index contributed by atoms with van der Waals surface area (Å²) < 4.78 is 10.3. The number of benzene rings is 1. The van der Waals surface area contributed by atoms with Gasteiger partial charge in [0.1, 0.15) is 5.75 Å². The maximum atomic E-state index is 12.1. The topological polar surface area (TPSA) is 69.7 Å². The molecule has 0 radical (unpaired) electrons. The summed E-state index contributed by atoms with van der Waals surface area (Å²) in [4.78, 5) is 34.6. The van der Waals surface area contributed by atoms with Crippen LogP contribution < -0.4 is 4.74 Å². The molecule has 0 heterocycles. The molecule has 1 aromatic carbocycles. The molecule has 0 N–H and O–H groups in total. The molecule has 0 fully saturated rings. The van der Waals surface area contributed by atoms with Crippen LogP contribution in [0.5, 0.6) is 5.75 Å². The average Bonchev–Trinajstić information content (AvgIpc) is 2.59. The Morgan fingerprint density at radius 2 is 1.61 bits per heavy atom. The van der Waals surface area contributed by atoms with E-state index in [0.717, 1.165) is 19.3 Å². The fourth-order valence-electron chi connectivity index (χ4n) is 2.06. The standard InChI is InChI=1S/C18H24O5/c1-2-3-4-5-6-10-13-22-17(21)18(14-19,15-20)23-16-11-8-7-9-12-16/h7-9,11-12,14-15H,2-6,10,13H2,1H3. The van der Waals surface area contributed by atoms with Gasteiger partial charge in [-0.05, 0) is 18.6 Å². The van der Waals surface area contributed by atoms with Gasteiger partial charge in [-0.1, -0.05) is 57.2 Å². The van der Waals surface area contributed by atoms with Gasteiger partial charge in [0.25, 0.3) is 0 Å². The van der Waals surface area contributed by atoms with Crippen molar-refractivity contribution < 1.29 is 23.9 Å². The highest BCUT2D eigenvalue weighted by Gasteiger charge is 2.43. The molecule has 1 aromatic rings. The Bertz CT molecular complexity index is 475. The SMILES string of the molecule is CCCCCCCCOC(=O)C(C=O)(C=O)Oc1ccccc1. The van der Waals surface area contributed by atoms with Gasteiger partial charge in [0, 0.05) is 0 Å². The van der Waals surface area contributed by atoms with Crippen LogP contribution in [-0.4, -0.2) is 30.7 Å². The van der Waals surface area contributed by atoms with E-state index in [1.165, 1.54) is 12.8 Å². The second kappa shape index (κ2) is 10.5. The smallest absolute Gasteiger partial charge is 0.365 e. The zero-order valence-electron chi connectivity index (χ0n) is 13.5. The summed E-state index contributed by atoms with van der Waals surface area (Å²) in [6.45, 7) is 2.32. The van der Waals surface area contributed by atoms with Crippen molar-refractivity contribution in [3.05, 3.63) is 30.3 Å². The molecule has 0 bridgehead atoms. The van der Waals surface area contributed by atoms with E-state index < -0.39 is 11.6 Å². The molecule has 0 saturated carbocycles. The number of rotatable bonds is 12. The van der Waals surface area contributed by atoms with Crippen molar-refractivity contribution in [3.63, 3.8) is 0 Å². The number of aldehydes is 2. The maximum Gasteiger partial charge on any atom is 0.365 e. The third-order valence-corrected chi connectivity index (χ3v) is 3.43. The number of ether oxygens (including phenoxy) is 2. The van der Waals surface area contributed by atoms with Crippen molar-refractivity contribution >= 4 is 18.5 Å². The molecule has 0 aromatic heterocycles. The first kappa shape index (κ1) is 18.9. The van der Waals surface area contributed by atoms with Crippen molar-refractivity contribution in [2.75, 3.05) is 6.61 Å². The van der Waals surface area contributed by atoms with Crippen LogP contribution in [0.3, 0.4) is 0 Å². The largest absolute Gasteiger partial charge is 0.462 e. The van der Waals surface area contributed by atoms with Gasteiger partial charge >= 0.3 is 11.6 Å². The molecule has 0 unspecified atom stereocenters. The lowest BCUT2D eigenvalue weighted by Crippen LogP contribution is -2.49. The maximum absolute atomic E-state index is 12.1. The summed E-state index contributed by atoms with van der Waals surface area (Å²) >= 11 is 0. The molecule has 126 valence electrons. The van der Waals surface area contributed by atoms with E-state index in [2.05, 4.69) is 6.92 Å². The molecule has 5 heteroatoms. The van der Waals surface area contributed by atoms with Gasteiger partial charge in [-0.25, -0.2) is 4.79 Å². The normalized spacial score (nSPS) is 10.8. The number of hydrogen-bond acceptors (Lipinski definition) is 5. The Morgan fingerprint density at radius 3 is 2.22 bits per heavy atom. The van der Waals surface area contributed by atoms with E-state index in [-0.39, 0.29) is 24.9 Å². The molecule has 0 amide bonds. The molecule has 0 saturated heterocycles. The van der Waals surface area contributed by atoms with E-state index in [1.54, 1.807) is 30.3 Å². The summed E-state index contributed by atoms with van der Waals surface area (Å²) in [5.41, 5.74) is -2.23. The Kier molecular flexibility index (Phi) is 8.65. The van der Waals surface area contributed by atoms with Crippen molar-refractivity contribution in [1.82, 2.24) is 0 Å². The van der Waals surface area contributed by atoms with Crippen LogP contribution in [0.15, 0.2) is 30.3 Å². The third kappa shape index (κ3) is 6.22. The second-order valence-electron chi connectivity index (χ2n) is 5.35. The number of para-hydroxylation sites is 1. The first-order valence-electron chi connectivity index (χ1n) is 8.02. The first-order chi connectivity index (χ1) is 11.2. The van der Waals surface area contributed by atoms with Crippen LogP contribution >= 0.6 is 0 Å². The quantitative estimate of drug-likeness (QED) is 0.256. The van der Waals surface area contributed by atoms with Gasteiger partial charge in [0.2, 0.25) is 0 Å². The summed E-state index contributed by atoms with van der Waals surface area (Å²) in [5.74, 6) is -0.719. The van der Waals surface area contributed by atoms with E-state index in [0.29, 0.717) is 6.42 Å². The fourth-order valence-corrected chi connectivity index (χ4v) is 2.06. The summed E-state index contributed by atoms with van der Waals surface area (Å²) in [6, 6.07) is 8.23. The van der Waals surface area contributed by atoms with Gasteiger partial charge in [0.05, 0.1) is 6.61 Å². The molecule has 0 atom stereocenters. The lowest BCUT2D eigenvalue weighted by atomic mass is 10.1. The molecule has 0 spiro atoms. The molecule has 0 aliphatic heterocycles. The number of unbranched alkanes of at least 4 members (excludes halogenated alkanes) is 5. The van der Waals surface area contributed by atoms with Crippen molar-refractivity contribution in [2.24, 2.45) is 0 Å². The first-order valence-corrected chi connectivity index (χ1v) is 8.02. The van der Waals surface area contributed by atoms with Crippen molar-refractivity contribution in [1.29, 1.82) is 0 Å². The number of esters is 1. The minimum absolute atomic E-state index is 0.173. The van der Waals surface area contributed by atoms with Gasteiger partial charge in [0.15, 0.2) is 12.6 Å². The van der Waals surface area contributed by atoms with Crippen LogP contribution in [-0.2, 0) is 19.1 Å². The number of hydrogen-bond donors (Lipinski definition) is 0. The van der Waals surface area contributed by atoms with Crippen LogP contribution in [0.1, 0.15) is 45.4 Å². The van der Waals surface area contributed by atoms with Crippen LogP contribution in [0, 0.1) is 0 Å². The van der Waals surface area contributed by atoms with Gasteiger partial charge in [-0.3, -0.25) is 9.59 Å². The predicted octanol–water partition coefficient (Wildman–Crippen LogP) is 3.11. The lowest BCUT2D eigenvalue weighted by molar-refractivity contribution is -0.164. The number of carbonyl (C=O) groups excluding carboxylic acids is 3. The molecule has 1 rings (SSSR count). The van der Waals surface area contributed by atoms with E-state index in [1.807, 2.05) is 0 Å². The molecular formula is C18H24O5. The second-order valence-corrected chi connectivity index (χ2v) is 5.35. The van der Waals surface area contributed by atoms with Crippen molar-refractivity contribution in [3.8, 4) is 5.75 Å². The molecule has 23 heavy (non-hydrogen) atoms. The molecule has 0 aliphatic rings. The predicted molar refractivity (Wildman–Crippen MR) is 86.3 cm³/mol. The third-order valence-electron chi connectivity index (χ3n) is 3.43. The summed E-state index contributed by atoms with van der Waals surface area (Å²) in [6.07, 6.45) is 6.62. The highest BCUT2D eigenvalue weighted by molar-refractivity contribution is 6.12. The van der Waals surface area contributed by atoms with Gasteiger partial charge in [-0.15, -0.1) is 0 Å². The highest BCUT2D eigenvalue weighted by atomic mass is 16.6. The molecular weight excluding hydrogens is 296 g/mol. The Balaban J connectivity index is 2.48. The van der Waals surface area contributed by atoms with Crippen LogP contribution in [0.25, 0.3) is 0 Å². The number of carbonyl (C=O) groups is 3. The van der Waals surface area contributed by atoms with Gasteiger partial charge < -0.3 is 9.47 Å². The molecule has 0 aliphatic carbocycles. The Morgan fingerprint density at radius 1 is 1.00 bits per heavy atom. The summed E-state index contributed by atoms with van der Waals surface area (Å²) in [5, 5.41) is 0.